The molecule has 0 unspecified atom stereocenters. The van der Waals surface area contributed by atoms with Crippen LogP contribution in [0.25, 0.3) is 11.0 Å². The van der Waals surface area contributed by atoms with Crippen LogP contribution in [0.5, 0.6) is 5.75 Å². The van der Waals surface area contributed by atoms with Gasteiger partial charge in [-0.2, -0.15) is 0 Å². The van der Waals surface area contributed by atoms with E-state index in [2.05, 4.69) is 37.7 Å². The van der Waals surface area contributed by atoms with Gasteiger partial charge in [0.05, 0.1) is 17.6 Å². The van der Waals surface area contributed by atoms with Crippen LogP contribution >= 0.6 is 15.9 Å². The number of carbonyl (C=O) groups is 1. The summed E-state index contributed by atoms with van der Waals surface area (Å²) in [6.07, 6.45) is 0. The first-order valence-corrected chi connectivity index (χ1v) is 8.56. The quantitative estimate of drug-likeness (QED) is 0.703. The maximum absolute atomic E-state index is 12.0. The first-order chi connectivity index (χ1) is 11.7. The monoisotopic (exact) mass is 387 g/mol. The molecule has 3 aromatic rings. The van der Waals surface area contributed by atoms with Gasteiger partial charge in [-0.3, -0.25) is 4.79 Å². The molecule has 0 aliphatic heterocycles. The van der Waals surface area contributed by atoms with Crippen molar-refractivity contribution in [1.82, 2.24) is 14.9 Å². The van der Waals surface area contributed by atoms with Crippen LogP contribution < -0.4 is 10.1 Å². The minimum atomic E-state index is -0.173. The molecule has 0 saturated carbocycles. The van der Waals surface area contributed by atoms with Gasteiger partial charge in [-0.25, -0.2) is 4.98 Å². The fraction of sp³-hybridized carbons (Fsp3) is 0.222. The van der Waals surface area contributed by atoms with Crippen molar-refractivity contribution < 1.29 is 9.53 Å². The van der Waals surface area contributed by atoms with Gasteiger partial charge in [0.25, 0.3) is 5.91 Å². The number of nitrogens with zero attached hydrogens (tertiary/aromatic N) is 2. The van der Waals surface area contributed by atoms with Crippen molar-refractivity contribution in [3.63, 3.8) is 0 Å². The van der Waals surface area contributed by atoms with E-state index in [1.807, 2.05) is 48.5 Å². The standard InChI is InChI=1S/C18H18BrN3O2/c1-2-22-16-6-4-3-5-15(16)21-17(22)11-20-18(23)12-24-14-9-7-13(19)8-10-14/h3-10H,2,11-12H2,1H3,(H,20,23). The molecule has 0 spiro atoms. The fourth-order valence-corrected chi connectivity index (χ4v) is 2.79. The van der Waals surface area contributed by atoms with Crippen molar-refractivity contribution in [2.45, 2.75) is 20.0 Å². The Kier molecular flexibility index (Phi) is 5.15. The van der Waals surface area contributed by atoms with Crippen LogP contribution in [0.15, 0.2) is 53.0 Å². The Morgan fingerprint density at radius 2 is 1.96 bits per heavy atom. The third kappa shape index (κ3) is 3.76. The second kappa shape index (κ2) is 7.49. The highest BCUT2D eigenvalue weighted by atomic mass is 79.9. The Morgan fingerprint density at radius 3 is 2.71 bits per heavy atom. The average Bonchev–Trinajstić information content (AvgIpc) is 2.97. The molecule has 124 valence electrons. The number of amides is 1. The Bertz CT molecular complexity index is 843. The van der Waals surface area contributed by atoms with E-state index >= 15 is 0 Å². The highest BCUT2D eigenvalue weighted by Gasteiger charge is 2.10. The van der Waals surface area contributed by atoms with Crippen LogP contribution in [0, 0.1) is 0 Å². The Balaban J connectivity index is 1.59. The van der Waals surface area contributed by atoms with Crippen molar-refractivity contribution in [3.8, 4) is 5.75 Å². The van der Waals surface area contributed by atoms with Gasteiger partial charge >= 0.3 is 0 Å². The maximum atomic E-state index is 12.0. The minimum absolute atomic E-state index is 0.0199. The molecule has 1 aromatic heterocycles. The molecule has 5 nitrogen and oxygen atoms in total. The van der Waals surface area contributed by atoms with E-state index in [0.29, 0.717) is 12.3 Å². The van der Waals surface area contributed by atoms with Crippen LogP contribution in [0.4, 0.5) is 0 Å². The predicted octanol–water partition coefficient (Wildman–Crippen LogP) is 3.51. The number of aryl methyl sites for hydroxylation is 1. The van der Waals surface area contributed by atoms with Crippen molar-refractivity contribution in [3.05, 3.63) is 58.8 Å². The van der Waals surface area contributed by atoms with E-state index in [0.717, 1.165) is 27.9 Å². The van der Waals surface area contributed by atoms with Crippen LogP contribution in [0.2, 0.25) is 0 Å². The molecule has 0 aliphatic rings. The number of halogens is 1. The molecule has 0 saturated heterocycles. The molecule has 1 amide bonds. The van der Waals surface area contributed by atoms with Gasteiger partial charge in [0.2, 0.25) is 0 Å². The minimum Gasteiger partial charge on any atom is -0.484 e. The fourth-order valence-electron chi connectivity index (χ4n) is 2.52. The summed E-state index contributed by atoms with van der Waals surface area (Å²) in [5.41, 5.74) is 2.02. The third-order valence-corrected chi connectivity index (χ3v) is 4.21. The van der Waals surface area contributed by atoms with Crippen molar-refractivity contribution in [1.29, 1.82) is 0 Å². The lowest BCUT2D eigenvalue weighted by molar-refractivity contribution is -0.123. The third-order valence-electron chi connectivity index (χ3n) is 3.68. The first-order valence-electron chi connectivity index (χ1n) is 7.76. The molecule has 0 radical (unpaired) electrons. The van der Waals surface area contributed by atoms with Crippen molar-refractivity contribution in [2.75, 3.05) is 6.61 Å². The summed E-state index contributed by atoms with van der Waals surface area (Å²) in [6.45, 7) is 3.23. The largest absolute Gasteiger partial charge is 0.484 e. The number of para-hydroxylation sites is 2. The molecular weight excluding hydrogens is 370 g/mol. The SMILES string of the molecule is CCn1c(CNC(=O)COc2ccc(Br)cc2)nc2ccccc21. The van der Waals surface area contributed by atoms with Crippen LogP contribution in [-0.2, 0) is 17.9 Å². The lowest BCUT2D eigenvalue weighted by Gasteiger charge is -2.09. The first kappa shape index (κ1) is 16.5. The molecule has 0 aliphatic carbocycles. The van der Waals surface area contributed by atoms with E-state index in [1.165, 1.54) is 0 Å². The van der Waals surface area contributed by atoms with Crippen LogP contribution in [-0.4, -0.2) is 22.1 Å². The van der Waals surface area contributed by atoms with Gasteiger partial charge in [-0.15, -0.1) is 0 Å². The highest BCUT2D eigenvalue weighted by Crippen LogP contribution is 2.17. The topological polar surface area (TPSA) is 56.2 Å². The van der Waals surface area contributed by atoms with Crippen LogP contribution in [0.1, 0.15) is 12.7 Å². The lowest BCUT2D eigenvalue weighted by atomic mass is 10.3. The van der Waals surface area contributed by atoms with Gasteiger partial charge in [0.1, 0.15) is 11.6 Å². The number of hydrogen-bond donors (Lipinski definition) is 1. The summed E-state index contributed by atoms with van der Waals surface area (Å²) >= 11 is 3.36. The van der Waals surface area contributed by atoms with Crippen molar-refractivity contribution >= 4 is 32.9 Å². The molecule has 0 fully saturated rings. The molecule has 0 atom stereocenters. The number of aromatic nitrogens is 2. The second-order valence-corrected chi connectivity index (χ2v) is 6.20. The van der Waals surface area contributed by atoms with E-state index < -0.39 is 0 Å². The summed E-state index contributed by atoms with van der Waals surface area (Å²) in [5, 5.41) is 2.86. The average molecular weight is 388 g/mol. The number of benzene rings is 2. The molecule has 6 heteroatoms. The summed E-state index contributed by atoms with van der Waals surface area (Å²) in [4.78, 5) is 16.6. The van der Waals surface area contributed by atoms with Gasteiger partial charge in [-0.1, -0.05) is 28.1 Å². The van der Waals surface area contributed by atoms with Crippen LogP contribution in [0.3, 0.4) is 0 Å². The number of rotatable bonds is 6. The summed E-state index contributed by atoms with van der Waals surface area (Å²) in [7, 11) is 0. The van der Waals surface area contributed by atoms with E-state index in [9.17, 15) is 4.79 Å². The van der Waals surface area contributed by atoms with E-state index in [1.54, 1.807) is 0 Å². The summed E-state index contributed by atoms with van der Waals surface area (Å²) in [5.74, 6) is 1.33. The highest BCUT2D eigenvalue weighted by molar-refractivity contribution is 9.10. The van der Waals surface area contributed by atoms with Crippen molar-refractivity contribution in [2.24, 2.45) is 0 Å². The predicted molar refractivity (Wildman–Crippen MR) is 96.9 cm³/mol. The Hall–Kier alpha value is -2.34. The molecule has 0 bridgehead atoms. The molecular formula is C18H18BrN3O2. The molecule has 3 rings (SSSR count). The second-order valence-electron chi connectivity index (χ2n) is 5.28. The zero-order valence-electron chi connectivity index (χ0n) is 13.3. The Morgan fingerprint density at radius 1 is 1.21 bits per heavy atom. The molecule has 2 aromatic carbocycles. The number of carbonyl (C=O) groups excluding carboxylic acids is 1. The number of fused-ring (bicyclic) bond motifs is 1. The van der Waals surface area contributed by atoms with Gasteiger partial charge < -0.3 is 14.6 Å². The molecule has 1 N–H and O–H groups in total. The maximum Gasteiger partial charge on any atom is 0.258 e. The number of ether oxygens (including phenoxy) is 1. The number of nitrogens with one attached hydrogen (secondary N) is 1. The lowest BCUT2D eigenvalue weighted by Crippen LogP contribution is -2.29. The van der Waals surface area contributed by atoms with Gasteiger partial charge in [0, 0.05) is 11.0 Å². The number of hydrogen-bond acceptors (Lipinski definition) is 3. The zero-order valence-corrected chi connectivity index (χ0v) is 14.9. The number of imidazole rings is 1. The molecule has 1 heterocycles. The smallest absolute Gasteiger partial charge is 0.258 e. The molecule has 24 heavy (non-hydrogen) atoms. The zero-order chi connectivity index (χ0) is 16.9. The summed E-state index contributed by atoms with van der Waals surface area (Å²) in [6, 6.07) is 15.3. The Labute approximate surface area is 148 Å². The van der Waals surface area contributed by atoms with E-state index in [-0.39, 0.29) is 12.5 Å². The van der Waals surface area contributed by atoms with Gasteiger partial charge in [-0.05, 0) is 43.3 Å². The summed E-state index contributed by atoms with van der Waals surface area (Å²) < 4.78 is 8.54. The van der Waals surface area contributed by atoms with E-state index in [4.69, 9.17) is 4.74 Å². The normalized spacial score (nSPS) is 10.8. The van der Waals surface area contributed by atoms with Gasteiger partial charge in [0.15, 0.2) is 6.61 Å².